The smallest absolute Gasteiger partial charge is 0.252 e. The van der Waals surface area contributed by atoms with Crippen LogP contribution in [0.3, 0.4) is 0 Å². The summed E-state index contributed by atoms with van der Waals surface area (Å²) in [6, 6.07) is 19.7. The van der Waals surface area contributed by atoms with Gasteiger partial charge in [-0.1, -0.05) is 36.4 Å². The summed E-state index contributed by atoms with van der Waals surface area (Å²) >= 11 is 0. The molecule has 0 unspecified atom stereocenters. The minimum Gasteiger partial charge on any atom is -0.493 e. The third-order valence-corrected chi connectivity index (χ3v) is 5.06. The zero-order valence-electron chi connectivity index (χ0n) is 16.7. The van der Waals surface area contributed by atoms with Crippen molar-refractivity contribution >= 4 is 10.8 Å². The van der Waals surface area contributed by atoms with Gasteiger partial charge in [0, 0.05) is 34.3 Å². The Morgan fingerprint density at radius 1 is 0.897 bits per heavy atom. The first-order valence-corrected chi connectivity index (χ1v) is 9.39. The highest BCUT2D eigenvalue weighted by atomic mass is 16.5. The van der Waals surface area contributed by atoms with Crippen molar-refractivity contribution in [1.82, 2.24) is 9.97 Å². The van der Waals surface area contributed by atoms with Crippen molar-refractivity contribution < 1.29 is 9.47 Å². The molecular weight excluding hydrogens is 364 g/mol. The molecule has 2 aromatic heterocycles. The third kappa shape index (κ3) is 3.59. The molecule has 0 atom stereocenters. The van der Waals surface area contributed by atoms with Crippen LogP contribution in [0, 0.1) is 6.92 Å². The molecule has 0 spiro atoms. The fraction of sp³-hybridized carbons (Fsp3) is 0.167. The van der Waals surface area contributed by atoms with Crippen LogP contribution < -0.4 is 15.0 Å². The van der Waals surface area contributed by atoms with E-state index in [-0.39, 0.29) is 5.56 Å². The number of aromatic amines is 1. The Kier molecular flexibility index (Phi) is 5.04. The van der Waals surface area contributed by atoms with E-state index in [0.717, 1.165) is 33.4 Å². The lowest BCUT2D eigenvalue weighted by Gasteiger charge is -2.13. The lowest BCUT2D eigenvalue weighted by molar-refractivity contribution is 0.356. The molecule has 0 bridgehead atoms. The SMILES string of the molecule is COc1cc2c(C)[nH]c(=O)c(Cc3cccc(-c4ccccc4)n3)c2cc1OC. The van der Waals surface area contributed by atoms with Crippen molar-refractivity contribution in [3.05, 3.63) is 88.0 Å². The Labute approximate surface area is 169 Å². The average molecular weight is 386 g/mol. The molecule has 4 aromatic rings. The van der Waals surface area contributed by atoms with Crippen LogP contribution in [0.15, 0.2) is 65.5 Å². The van der Waals surface area contributed by atoms with Crippen LogP contribution in [0.5, 0.6) is 11.5 Å². The van der Waals surface area contributed by atoms with Crippen LogP contribution in [0.2, 0.25) is 0 Å². The van der Waals surface area contributed by atoms with E-state index in [1.165, 1.54) is 0 Å². The van der Waals surface area contributed by atoms with Gasteiger partial charge in [-0.2, -0.15) is 0 Å². The van der Waals surface area contributed by atoms with Crippen LogP contribution in [0.1, 0.15) is 17.0 Å². The topological polar surface area (TPSA) is 64.2 Å². The molecule has 1 N–H and O–H groups in total. The highest BCUT2D eigenvalue weighted by Crippen LogP contribution is 2.34. The van der Waals surface area contributed by atoms with Crippen LogP contribution in [-0.4, -0.2) is 24.2 Å². The summed E-state index contributed by atoms with van der Waals surface area (Å²) in [6.45, 7) is 1.88. The molecule has 0 fully saturated rings. The third-order valence-electron chi connectivity index (χ3n) is 5.06. The molecule has 4 rings (SSSR count). The Bertz CT molecular complexity index is 1230. The van der Waals surface area contributed by atoms with Crippen molar-refractivity contribution in [2.75, 3.05) is 14.2 Å². The van der Waals surface area contributed by atoms with Crippen LogP contribution >= 0.6 is 0 Å². The molecule has 0 aliphatic heterocycles. The molecule has 2 heterocycles. The number of hydrogen-bond acceptors (Lipinski definition) is 4. The maximum atomic E-state index is 12.8. The van der Waals surface area contributed by atoms with Gasteiger partial charge in [-0.3, -0.25) is 9.78 Å². The van der Waals surface area contributed by atoms with E-state index in [2.05, 4.69) is 4.98 Å². The molecule has 146 valence electrons. The summed E-state index contributed by atoms with van der Waals surface area (Å²) in [7, 11) is 3.19. The number of aryl methyl sites for hydroxylation is 1. The van der Waals surface area contributed by atoms with Crippen LogP contribution in [0.4, 0.5) is 0 Å². The zero-order valence-corrected chi connectivity index (χ0v) is 16.7. The number of hydrogen-bond donors (Lipinski definition) is 1. The van der Waals surface area contributed by atoms with E-state index in [0.29, 0.717) is 23.5 Å². The zero-order chi connectivity index (χ0) is 20.4. The number of benzene rings is 2. The summed E-state index contributed by atoms with van der Waals surface area (Å²) in [4.78, 5) is 20.5. The van der Waals surface area contributed by atoms with E-state index >= 15 is 0 Å². The average Bonchev–Trinajstić information content (AvgIpc) is 2.76. The number of fused-ring (bicyclic) bond motifs is 1. The van der Waals surface area contributed by atoms with E-state index in [4.69, 9.17) is 14.5 Å². The number of H-pyrrole nitrogens is 1. The minimum absolute atomic E-state index is 0.117. The molecule has 0 aliphatic rings. The second kappa shape index (κ2) is 7.80. The number of rotatable bonds is 5. The predicted octanol–water partition coefficient (Wildman–Crippen LogP) is 4.51. The molecule has 5 heteroatoms. The number of aromatic nitrogens is 2. The monoisotopic (exact) mass is 386 g/mol. The molecule has 0 saturated carbocycles. The standard InChI is InChI=1S/C24H22N2O3/c1-15-18-13-22(28-2)23(29-3)14-19(18)20(24(27)25-15)12-17-10-7-11-21(26-17)16-8-5-4-6-9-16/h4-11,13-14H,12H2,1-3H3,(H,25,27). The summed E-state index contributed by atoms with van der Waals surface area (Å²) in [6.07, 6.45) is 0.419. The van der Waals surface area contributed by atoms with Crippen molar-refractivity contribution in [2.45, 2.75) is 13.3 Å². The van der Waals surface area contributed by atoms with E-state index in [9.17, 15) is 4.79 Å². The second-order valence-electron chi connectivity index (χ2n) is 6.87. The fourth-order valence-corrected chi connectivity index (χ4v) is 3.58. The Hall–Kier alpha value is -3.60. The Balaban J connectivity index is 1.84. The molecule has 0 saturated heterocycles. The van der Waals surface area contributed by atoms with Crippen molar-refractivity contribution in [3.63, 3.8) is 0 Å². The van der Waals surface area contributed by atoms with Crippen molar-refractivity contribution in [2.24, 2.45) is 0 Å². The highest BCUT2D eigenvalue weighted by Gasteiger charge is 2.15. The maximum Gasteiger partial charge on any atom is 0.252 e. The van der Waals surface area contributed by atoms with Crippen LogP contribution in [0.25, 0.3) is 22.0 Å². The number of nitrogens with zero attached hydrogens (tertiary/aromatic N) is 1. The molecular formula is C24H22N2O3. The molecule has 0 amide bonds. The predicted molar refractivity (Wildman–Crippen MR) is 115 cm³/mol. The van der Waals surface area contributed by atoms with Crippen molar-refractivity contribution in [1.29, 1.82) is 0 Å². The summed E-state index contributed by atoms with van der Waals surface area (Å²) < 4.78 is 10.9. The molecule has 2 aromatic carbocycles. The normalized spacial score (nSPS) is 10.9. The number of ether oxygens (including phenoxy) is 2. The van der Waals surface area contributed by atoms with E-state index in [1.54, 1.807) is 14.2 Å². The van der Waals surface area contributed by atoms with Gasteiger partial charge in [0.15, 0.2) is 11.5 Å². The second-order valence-corrected chi connectivity index (χ2v) is 6.87. The molecule has 29 heavy (non-hydrogen) atoms. The number of methoxy groups -OCH3 is 2. The van der Waals surface area contributed by atoms with Gasteiger partial charge < -0.3 is 14.5 Å². The summed E-state index contributed by atoms with van der Waals surface area (Å²) in [5, 5.41) is 1.77. The lowest BCUT2D eigenvalue weighted by Crippen LogP contribution is -2.15. The van der Waals surface area contributed by atoms with Gasteiger partial charge in [0.05, 0.1) is 19.9 Å². The Morgan fingerprint density at radius 2 is 1.59 bits per heavy atom. The van der Waals surface area contributed by atoms with Gasteiger partial charge in [0.25, 0.3) is 5.56 Å². The first-order chi connectivity index (χ1) is 14.1. The van der Waals surface area contributed by atoms with Gasteiger partial charge in [-0.05, 0) is 36.6 Å². The molecule has 5 nitrogen and oxygen atoms in total. The van der Waals surface area contributed by atoms with Gasteiger partial charge >= 0.3 is 0 Å². The quantitative estimate of drug-likeness (QED) is 0.548. The van der Waals surface area contributed by atoms with Crippen LogP contribution in [-0.2, 0) is 6.42 Å². The first kappa shape index (κ1) is 18.7. The molecule has 0 aliphatic carbocycles. The first-order valence-electron chi connectivity index (χ1n) is 9.39. The lowest BCUT2D eigenvalue weighted by atomic mass is 10.00. The van der Waals surface area contributed by atoms with Gasteiger partial charge in [0.2, 0.25) is 0 Å². The molecule has 0 radical (unpaired) electrons. The van der Waals surface area contributed by atoms with Gasteiger partial charge in [0.1, 0.15) is 0 Å². The summed E-state index contributed by atoms with van der Waals surface area (Å²) in [5.74, 6) is 1.22. The minimum atomic E-state index is -0.117. The fourth-order valence-electron chi connectivity index (χ4n) is 3.58. The Morgan fingerprint density at radius 3 is 2.28 bits per heavy atom. The maximum absolute atomic E-state index is 12.8. The van der Waals surface area contributed by atoms with E-state index < -0.39 is 0 Å². The van der Waals surface area contributed by atoms with E-state index in [1.807, 2.05) is 67.6 Å². The van der Waals surface area contributed by atoms with Gasteiger partial charge in [-0.15, -0.1) is 0 Å². The number of nitrogens with one attached hydrogen (secondary N) is 1. The highest BCUT2D eigenvalue weighted by molar-refractivity contribution is 5.90. The summed E-state index contributed by atoms with van der Waals surface area (Å²) in [5.41, 5.74) is 4.09. The largest absolute Gasteiger partial charge is 0.493 e. The van der Waals surface area contributed by atoms with Gasteiger partial charge in [-0.25, -0.2) is 0 Å². The van der Waals surface area contributed by atoms with Crippen molar-refractivity contribution in [3.8, 4) is 22.8 Å². The number of pyridine rings is 2.